The van der Waals surface area contributed by atoms with E-state index in [-0.39, 0.29) is 16.9 Å². The number of unbranched alkanes of at least 4 members (excludes halogenated alkanes) is 1. The Morgan fingerprint density at radius 2 is 2.19 bits per heavy atom. The maximum Gasteiger partial charge on any atom is 0.263 e. The Morgan fingerprint density at radius 1 is 1.43 bits per heavy atom. The van der Waals surface area contributed by atoms with E-state index in [0.29, 0.717) is 12.2 Å². The van der Waals surface area contributed by atoms with E-state index >= 15 is 0 Å². The van der Waals surface area contributed by atoms with E-state index in [9.17, 15) is 8.42 Å². The number of nitrogens with zero attached hydrogens (tertiary/aromatic N) is 3. The molecule has 1 fully saturated rings. The molecule has 2 aromatic heterocycles. The lowest BCUT2D eigenvalue weighted by Crippen LogP contribution is -2.35. The van der Waals surface area contributed by atoms with Gasteiger partial charge in [0.15, 0.2) is 10.8 Å². The van der Waals surface area contributed by atoms with Crippen LogP contribution in [0, 0.1) is 0 Å². The number of rotatable bonds is 6. The van der Waals surface area contributed by atoms with E-state index in [2.05, 4.69) is 11.9 Å². The molecular weight excluding hydrogens is 288 g/mol. The molecule has 2 heterocycles. The Hall–Kier alpha value is -1.60. The van der Waals surface area contributed by atoms with Crippen molar-refractivity contribution >= 4 is 21.5 Å². The van der Waals surface area contributed by atoms with Crippen LogP contribution in [0.2, 0.25) is 0 Å². The van der Waals surface area contributed by atoms with Crippen molar-refractivity contribution in [1.82, 2.24) is 13.7 Å². The summed E-state index contributed by atoms with van der Waals surface area (Å²) in [6.45, 7) is 2.60. The molecule has 0 spiro atoms. The van der Waals surface area contributed by atoms with E-state index < -0.39 is 10.0 Å². The summed E-state index contributed by atoms with van der Waals surface area (Å²) in [4.78, 5) is 4.16. The summed E-state index contributed by atoms with van der Waals surface area (Å²) >= 11 is 0. The van der Waals surface area contributed by atoms with Gasteiger partial charge in [0.25, 0.3) is 10.0 Å². The van der Waals surface area contributed by atoms with Crippen molar-refractivity contribution in [2.45, 2.75) is 43.7 Å². The van der Waals surface area contributed by atoms with E-state index in [1.807, 2.05) is 6.07 Å². The summed E-state index contributed by atoms with van der Waals surface area (Å²) in [6, 6.07) is 5.47. The minimum atomic E-state index is -3.62. The zero-order valence-electron chi connectivity index (χ0n) is 12.1. The molecule has 3 rings (SSSR count). The van der Waals surface area contributed by atoms with E-state index in [1.54, 1.807) is 27.0 Å². The van der Waals surface area contributed by atoms with Crippen molar-refractivity contribution in [3.63, 3.8) is 0 Å². The first-order chi connectivity index (χ1) is 10.1. The van der Waals surface area contributed by atoms with Crippen molar-refractivity contribution in [1.29, 1.82) is 0 Å². The molecule has 0 atom stereocenters. The number of nitrogen functional groups attached to an aromatic ring is 1. The maximum atomic E-state index is 13.0. The minimum Gasteiger partial charge on any atom is -0.381 e. The zero-order chi connectivity index (χ0) is 15.0. The Bertz CT molecular complexity index is 749. The quantitative estimate of drug-likeness (QED) is 0.883. The Labute approximate surface area is 124 Å². The number of hydrogen-bond acceptors (Lipinski definition) is 4. The largest absolute Gasteiger partial charge is 0.381 e. The summed E-state index contributed by atoms with van der Waals surface area (Å²) in [5, 5.41) is 0.0982. The standard InChI is InChI=1S/C14H20N4O2S/c1-2-3-10-18(11-7-8-11)21(19,20)14-13(15)16-12-6-4-5-9-17(12)14/h4-6,9,11H,2-3,7-8,10,15H2,1H3. The van der Waals surface area contributed by atoms with E-state index in [0.717, 1.165) is 25.7 Å². The third-order valence-corrected chi connectivity index (χ3v) is 5.74. The first-order valence-corrected chi connectivity index (χ1v) is 8.74. The van der Waals surface area contributed by atoms with Crippen LogP contribution in [0.4, 0.5) is 5.82 Å². The Balaban J connectivity index is 2.08. The average molecular weight is 308 g/mol. The van der Waals surface area contributed by atoms with E-state index in [1.165, 1.54) is 0 Å². The predicted octanol–water partition coefficient (Wildman–Crippen LogP) is 1.87. The van der Waals surface area contributed by atoms with Crippen molar-refractivity contribution in [2.24, 2.45) is 0 Å². The van der Waals surface area contributed by atoms with Gasteiger partial charge < -0.3 is 5.73 Å². The van der Waals surface area contributed by atoms with E-state index in [4.69, 9.17) is 5.73 Å². The molecule has 2 aromatic rings. The fraction of sp³-hybridized carbons (Fsp3) is 0.500. The molecule has 114 valence electrons. The van der Waals surface area contributed by atoms with Gasteiger partial charge in [0, 0.05) is 18.8 Å². The number of anilines is 1. The fourth-order valence-corrected chi connectivity index (χ4v) is 4.44. The summed E-state index contributed by atoms with van der Waals surface area (Å²) in [7, 11) is -3.62. The molecule has 0 saturated heterocycles. The molecule has 21 heavy (non-hydrogen) atoms. The second-order valence-electron chi connectivity index (χ2n) is 5.43. The SMILES string of the molecule is CCCCN(C1CC1)S(=O)(=O)c1c(N)nc2ccccn12. The van der Waals surface area contributed by atoms with Crippen LogP contribution >= 0.6 is 0 Å². The highest BCUT2D eigenvalue weighted by Gasteiger charge is 2.40. The highest BCUT2D eigenvalue weighted by Crippen LogP contribution is 2.34. The lowest BCUT2D eigenvalue weighted by atomic mass is 10.3. The van der Waals surface area contributed by atoms with Gasteiger partial charge in [-0.1, -0.05) is 19.4 Å². The van der Waals surface area contributed by atoms with Gasteiger partial charge in [0.05, 0.1) is 0 Å². The number of pyridine rings is 1. The van der Waals surface area contributed by atoms with Gasteiger partial charge in [0.1, 0.15) is 5.65 Å². The van der Waals surface area contributed by atoms with Crippen LogP contribution in [-0.4, -0.2) is 34.7 Å². The first kappa shape index (κ1) is 14.3. The molecule has 1 aliphatic rings. The minimum absolute atomic E-state index is 0.0725. The lowest BCUT2D eigenvalue weighted by Gasteiger charge is -2.21. The van der Waals surface area contributed by atoms with Gasteiger partial charge in [-0.05, 0) is 31.4 Å². The third-order valence-electron chi connectivity index (χ3n) is 3.75. The monoisotopic (exact) mass is 308 g/mol. The van der Waals surface area contributed by atoms with Gasteiger partial charge >= 0.3 is 0 Å². The third kappa shape index (κ3) is 2.51. The van der Waals surface area contributed by atoms with Gasteiger partial charge in [-0.25, -0.2) is 13.4 Å². The second-order valence-corrected chi connectivity index (χ2v) is 7.24. The molecule has 0 radical (unpaired) electrons. The van der Waals surface area contributed by atoms with Gasteiger partial charge in [-0.15, -0.1) is 0 Å². The number of nitrogens with two attached hydrogens (primary N) is 1. The van der Waals surface area contributed by atoms with Crippen LogP contribution in [0.5, 0.6) is 0 Å². The smallest absolute Gasteiger partial charge is 0.263 e. The summed E-state index contributed by atoms with van der Waals surface area (Å²) in [5.41, 5.74) is 6.44. The zero-order valence-corrected chi connectivity index (χ0v) is 12.9. The van der Waals surface area contributed by atoms with Crippen LogP contribution in [0.25, 0.3) is 5.65 Å². The predicted molar refractivity (Wildman–Crippen MR) is 81.4 cm³/mol. The highest BCUT2D eigenvalue weighted by molar-refractivity contribution is 7.89. The first-order valence-electron chi connectivity index (χ1n) is 7.30. The summed E-state index contributed by atoms with van der Waals surface area (Å²) in [6.07, 6.45) is 5.36. The lowest BCUT2D eigenvalue weighted by molar-refractivity contribution is 0.394. The molecule has 1 saturated carbocycles. The molecule has 0 aromatic carbocycles. The summed E-state index contributed by atoms with van der Waals surface area (Å²) in [5.74, 6) is 0.0725. The fourth-order valence-electron chi connectivity index (χ4n) is 2.53. The van der Waals surface area contributed by atoms with Crippen LogP contribution in [-0.2, 0) is 10.0 Å². The second kappa shape index (κ2) is 5.31. The van der Waals surface area contributed by atoms with Gasteiger partial charge in [-0.2, -0.15) is 4.31 Å². The molecule has 7 heteroatoms. The topological polar surface area (TPSA) is 80.7 Å². The molecule has 0 bridgehead atoms. The molecule has 1 aliphatic carbocycles. The van der Waals surface area contributed by atoms with Crippen LogP contribution in [0.1, 0.15) is 32.6 Å². The Morgan fingerprint density at radius 3 is 2.86 bits per heavy atom. The maximum absolute atomic E-state index is 13.0. The normalized spacial score (nSPS) is 15.9. The Kier molecular flexibility index (Phi) is 3.62. The summed E-state index contributed by atoms with van der Waals surface area (Å²) < 4.78 is 29.2. The highest BCUT2D eigenvalue weighted by atomic mass is 32.2. The molecule has 0 amide bonds. The van der Waals surface area contributed by atoms with Gasteiger partial charge in [0.2, 0.25) is 0 Å². The van der Waals surface area contributed by atoms with Crippen LogP contribution in [0.15, 0.2) is 29.4 Å². The number of sulfonamides is 1. The van der Waals surface area contributed by atoms with Crippen LogP contribution < -0.4 is 5.73 Å². The number of fused-ring (bicyclic) bond motifs is 1. The molecule has 0 aliphatic heterocycles. The van der Waals surface area contributed by atoms with Gasteiger partial charge in [-0.3, -0.25) is 4.40 Å². The number of hydrogen-bond donors (Lipinski definition) is 1. The van der Waals surface area contributed by atoms with Crippen LogP contribution in [0.3, 0.4) is 0 Å². The molecule has 0 unspecified atom stereocenters. The molecule has 2 N–H and O–H groups in total. The number of aromatic nitrogens is 2. The molecule has 6 nitrogen and oxygen atoms in total. The van der Waals surface area contributed by atoms with Crippen molar-refractivity contribution in [3.05, 3.63) is 24.4 Å². The van der Waals surface area contributed by atoms with Crippen molar-refractivity contribution in [3.8, 4) is 0 Å². The molecular formula is C14H20N4O2S. The van der Waals surface area contributed by atoms with Crippen molar-refractivity contribution in [2.75, 3.05) is 12.3 Å². The van der Waals surface area contributed by atoms with Crippen molar-refractivity contribution < 1.29 is 8.42 Å². The number of imidazole rings is 1. The average Bonchev–Trinajstić information content (AvgIpc) is 3.20.